The molecule has 0 bridgehead atoms. The first-order chi connectivity index (χ1) is 11.1. The Morgan fingerprint density at radius 3 is 2.61 bits per heavy atom. The van der Waals surface area contributed by atoms with Gasteiger partial charge in [-0.3, -0.25) is 4.99 Å². The summed E-state index contributed by atoms with van der Waals surface area (Å²) in [4.78, 5) is 8.61. The molecule has 1 atom stereocenters. The molecule has 5 heteroatoms. The summed E-state index contributed by atoms with van der Waals surface area (Å²) in [6.45, 7) is 6.56. The van der Waals surface area contributed by atoms with Crippen LogP contribution in [0.5, 0.6) is 0 Å². The van der Waals surface area contributed by atoms with Gasteiger partial charge in [0.05, 0.1) is 12.2 Å². The lowest BCUT2D eigenvalue weighted by molar-refractivity contribution is 0.462. The SMILES string of the molecule is CN=C(NCc1nc(C)c(C)o1)NC(C)CCc1ccccc1. The summed E-state index contributed by atoms with van der Waals surface area (Å²) < 4.78 is 5.56. The van der Waals surface area contributed by atoms with Crippen molar-refractivity contribution in [2.45, 2.75) is 46.2 Å². The Bertz CT molecular complexity index is 614. The van der Waals surface area contributed by atoms with E-state index in [9.17, 15) is 0 Å². The number of aliphatic imine (C=N–C) groups is 1. The molecule has 0 saturated carbocycles. The zero-order chi connectivity index (χ0) is 16.7. The van der Waals surface area contributed by atoms with Crippen LogP contribution in [0.2, 0.25) is 0 Å². The van der Waals surface area contributed by atoms with Crippen LogP contribution in [0, 0.1) is 13.8 Å². The average Bonchev–Trinajstić information content (AvgIpc) is 2.88. The predicted molar refractivity (Wildman–Crippen MR) is 93.5 cm³/mol. The number of hydrogen-bond donors (Lipinski definition) is 2. The lowest BCUT2D eigenvalue weighted by atomic mass is 10.1. The summed E-state index contributed by atoms with van der Waals surface area (Å²) in [5.41, 5.74) is 2.29. The van der Waals surface area contributed by atoms with Gasteiger partial charge in [-0.25, -0.2) is 4.98 Å². The van der Waals surface area contributed by atoms with Gasteiger partial charge in [-0.15, -0.1) is 0 Å². The average molecular weight is 314 g/mol. The first kappa shape index (κ1) is 17.1. The van der Waals surface area contributed by atoms with E-state index in [2.05, 4.69) is 51.8 Å². The molecular weight excluding hydrogens is 288 g/mol. The van der Waals surface area contributed by atoms with E-state index in [1.54, 1.807) is 7.05 Å². The summed E-state index contributed by atoms with van der Waals surface area (Å²) in [7, 11) is 1.77. The molecule has 0 aliphatic heterocycles. The summed E-state index contributed by atoms with van der Waals surface area (Å²) in [6, 6.07) is 10.8. The summed E-state index contributed by atoms with van der Waals surface area (Å²) in [5, 5.41) is 6.64. The first-order valence-corrected chi connectivity index (χ1v) is 8.02. The van der Waals surface area contributed by atoms with Crippen LogP contribution in [-0.4, -0.2) is 24.0 Å². The molecule has 0 saturated heterocycles. The van der Waals surface area contributed by atoms with Crippen molar-refractivity contribution in [2.75, 3.05) is 7.05 Å². The molecular formula is C18H26N4O. The number of rotatable bonds is 6. The van der Waals surface area contributed by atoms with Crippen LogP contribution in [-0.2, 0) is 13.0 Å². The minimum atomic E-state index is 0.328. The highest BCUT2D eigenvalue weighted by molar-refractivity contribution is 5.79. The van der Waals surface area contributed by atoms with Gasteiger partial charge in [0.2, 0.25) is 5.89 Å². The maximum Gasteiger partial charge on any atom is 0.214 e. The Hall–Kier alpha value is -2.30. The minimum Gasteiger partial charge on any atom is -0.444 e. The molecule has 0 fully saturated rings. The highest BCUT2D eigenvalue weighted by Gasteiger charge is 2.08. The number of aryl methyl sites for hydroxylation is 3. The van der Waals surface area contributed by atoms with Gasteiger partial charge in [0, 0.05) is 13.1 Å². The second kappa shape index (κ2) is 8.36. The van der Waals surface area contributed by atoms with Crippen LogP contribution in [0.1, 0.15) is 36.3 Å². The minimum absolute atomic E-state index is 0.328. The van der Waals surface area contributed by atoms with Crippen molar-refractivity contribution >= 4 is 5.96 Å². The third-order valence-electron chi connectivity index (χ3n) is 3.80. The zero-order valence-corrected chi connectivity index (χ0v) is 14.4. The van der Waals surface area contributed by atoms with Gasteiger partial charge in [0.1, 0.15) is 5.76 Å². The number of hydrogen-bond acceptors (Lipinski definition) is 3. The van der Waals surface area contributed by atoms with Crippen LogP contribution in [0.25, 0.3) is 0 Å². The van der Waals surface area contributed by atoms with Gasteiger partial charge in [-0.2, -0.15) is 0 Å². The number of oxazole rings is 1. The largest absolute Gasteiger partial charge is 0.444 e. The number of guanidine groups is 1. The van der Waals surface area contributed by atoms with Gasteiger partial charge in [0.25, 0.3) is 0 Å². The number of benzene rings is 1. The smallest absolute Gasteiger partial charge is 0.214 e. The van der Waals surface area contributed by atoms with Crippen LogP contribution in [0.3, 0.4) is 0 Å². The molecule has 1 unspecified atom stereocenters. The molecule has 0 aliphatic carbocycles. The standard InChI is InChI=1S/C18H26N4O/c1-13(10-11-16-8-6-5-7-9-16)21-18(19-4)20-12-17-22-14(2)15(3)23-17/h5-9,13H,10-12H2,1-4H3,(H2,19,20,21). The van der Waals surface area contributed by atoms with Gasteiger partial charge in [-0.05, 0) is 39.2 Å². The lowest BCUT2D eigenvalue weighted by Gasteiger charge is -2.17. The normalized spacial score (nSPS) is 13.0. The molecule has 5 nitrogen and oxygen atoms in total. The van der Waals surface area contributed by atoms with Crippen LogP contribution in [0.15, 0.2) is 39.7 Å². The molecule has 0 aliphatic rings. The Kier molecular flexibility index (Phi) is 6.20. The summed E-state index contributed by atoms with van der Waals surface area (Å²) in [5.74, 6) is 2.31. The molecule has 1 aromatic carbocycles. The molecule has 2 aromatic rings. The predicted octanol–water partition coefficient (Wildman–Crippen LogP) is 2.98. The number of nitrogens with one attached hydrogen (secondary N) is 2. The Morgan fingerprint density at radius 2 is 2.00 bits per heavy atom. The van der Waals surface area contributed by atoms with Crippen molar-refractivity contribution in [3.63, 3.8) is 0 Å². The molecule has 1 aromatic heterocycles. The van der Waals surface area contributed by atoms with Crippen molar-refractivity contribution in [1.29, 1.82) is 0 Å². The first-order valence-electron chi connectivity index (χ1n) is 8.02. The van der Waals surface area contributed by atoms with Gasteiger partial charge < -0.3 is 15.1 Å². The van der Waals surface area contributed by atoms with Gasteiger partial charge in [0.15, 0.2) is 5.96 Å². The van der Waals surface area contributed by atoms with E-state index in [1.165, 1.54) is 5.56 Å². The molecule has 0 spiro atoms. The Morgan fingerprint density at radius 1 is 1.26 bits per heavy atom. The van der Waals surface area contributed by atoms with E-state index >= 15 is 0 Å². The topological polar surface area (TPSA) is 62.5 Å². The van der Waals surface area contributed by atoms with E-state index in [0.29, 0.717) is 18.5 Å². The van der Waals surface area contributed by atoms with E-state index in [1.807, 2.05) is 19.9 Å². The lowest BCUT2D eigenvalue weighted by Crippen LogP contribution is -2.42. The third kappa shape index (κ3) is 5.43. The Balaban J connectivity index is 1.77. The number of aromatic nitrogens is 1. The highest BCUT2D eigenvalue weighted by atomic mass is 16.4. The number of nitrogens with zero attached hydrogens (tertiary/aromatic N) is 2. The van der Waals surface area contributed by atoms with Crippen molar-refractivity contribution in [1.82, 2.24) is 15.6 Å². The van der Waals surface area contributed by atoms with Crippen LogP contribution >= 0.6 is 0 Å². The van der Waals surface area contributed by atoms with E-state index in [4.69, 9.17) is 4.42 Å². The fourth-order valence-corrected chi connectivity index (χ4v) is 2.30. The third-order valence-corrected chi connectivity index (χ3v) is 3.80. The van der Waals surface area contributed by atoms with Crippen molar-refractivity contribution in [2.24, 2.45) is 4.99 Å². The van der Waals surface area contributed by atoms with Crippen LogP contribution in [0.4, 0.5) is 0 Å². The van der Waals surface area contributed by atoms with Crippen molar-refractivity contribution < 1.29 is 4.42 Å². The second-order valence-electron chi connectivity index (χ2n) is 5.74. The Labute approximate surface area is 138 Å². The molecule has 2 rings (SSSR count). The highest BCUT2D eigenvalue weighted by Crippen LogP contribution is 2.08. The van der Waals surface area contributed by atoms with Crippen molar-refractivity contribution in [3.8, 4) is 0 Å². The second-order valence-corrected chi connectivity index (χ2v) is 5.74. The monoisotopic (exact) mass is 314 g/mol. The fraction of sp³-hybridized carbons (Fsp3) is 0.444. The molecule has 124 valence electrons. The summed E-state index contributed by atoms with van der Waals surface area (Å²) in [6.07, 6.45) is 2.09. The van der Waals surface area contributed by atoms with Gasteiger partial charge >= 0.3 is 0 Å². The maximum absolute atomic E-state index is 5.56. The molecule has 2 N–H and O–H groups in total. The fourth-order valence-electron chi connectivity index (χ4n) is 2.30. The van der Waals surface area contributed by atoms with E-state index in [0.717, 1.165) is 30.3 Å². The molecule has 23 heavy (non-hydrogen) atoms. The van der Waals surface area contributed by atoms with Gasteiger partial charge in [-0.1, -0.05) is 30.3 Å². The molecule has 0 radical (unpaired) electrons. The van der Waals surface area contributed by atoms with Crippen molar-refractivity contribution in [3.05, 3.63) is 53.2 Å². The quantitative estimate of drug-likeness (QED) is 0.635. The summed E-state index contributed by atoms with van der Waals surface area (Å²) >= 11 is 0. The zero-order valence-electron chi connectivity index (χ0n) is 14.4. The molecule has 0 amide bonds. The maximum atomic E-state index is 5.56. The van der Waals surface area contributed by atoms with Crippen LogP contribution < -0.4 is 10.6 Å². The van der Waals surface area contributed by atoms with E-state index < -0.39 is 0 Å². The molecule has 1 heterocycles. The van der Waals surface area contributed by atoms with E-state index in [-0.39, 0.29) is 0 Å².